The van der Waals surface area contributed by atoms with Crippen molar-refractivity contribution in [2.24, 2.45) is 5.92 Å². The first-order chi connectivity index (χ1) is 13.8. The van der Waals surface area contributed by atoms with Crippen LogP contribution in [0.3, 0.4) is 0 Å². The Morgan fingerprint density at radius 3 is 2.66 bits per heavy atom. The van der Waals surface area contributed by atoms with Crippen LogP contribution in [-0.4, -0.2) is 57.9 Å². The Kier molecular flexibility index (Phi) is 5.50. The highest BCUT2D eigenvalue weighted by Gasteiger charge is 2.57. The van der Waals surface area contributed by atoms with Crippen molar-refractivity contribution in [1.82, 2.24) is 14.5 Å². The van der Waals surface area contributed by atoms with Crippen LogP contribution < -0.4 is 5.32 Å². The van der Waals surface area contributed by atoms with Gasteiger partial charge in [0.05, 0.1) is 35.4 Å². The van der Waals surface area contributed by atoms with Crippen molar-refractivity contribution in [2.75, 3.05) is 31.6 Å². The number of piperidine rings is 1. The van der Waals surface area contributed by atoms with Crippen LogP contribution in [0.25, 0.3) is 5.52 Å². The Labute approximate surface area is 173 Å². The molecule has 2 aliphatic heterocycles. The van der Waals surface area contributed by atoms with E-state index in [1.807, 2.05) is 19.9 Å². The zero-order chi connectivity index (χ0) is 20.8. The predicted molar refractivity (Wildman–Crippen MR) is 108 cm³/mol. The number of hydrogen-bond acceptors (Lipinski definition) is 5. The highest BCUT2D eigenvalue weighted by atomic mass is 32.2. The van der Waals surface area contributed by atoms with Gasteiger partial charge in [0.25, 0.3) is 0 Å². The van der Waals surface area contributed by atoms with Crippen molar-refractivity contribution < 1.29 is 17.9 Å². The molecule has 3 fully saturated rings. The summed E-state index contributed by atoms with van der Waals surface area (Å²) in [6.45, 7) is 9.38. The highest BCUT2D eigenvalue weighted by Crippen LogP contribution is 2.52. The van der Waals surface area contributed by atoms with Gasteiger partial charge in [0, 0.05) is 18.6 Å². The zero-order valence-electron chi connectivity index (χ0n) is 16.9. The van der Waals surface area contributed by atoms with E-state index in [4.69, 9.17) is 4.74 Å². The van der Waals surface area contributed by atoms with Crippen molar-refractivity contribution >= 4 is 23.1 Å². The van der Waals surface area contributed by atoms with E-state index in [2.05, 4.69) is 15.3 Å². The van der Waals surface area contributed by atoms with Crippen LogP contribution in [0.5, 0.6) is 0 Å². The number of aromatic nitrogens is 2. The minimum atomic E-state index is -4.32. The molecule has 1 saturated carbocycles. The smallest absolute Gasteiger partial charge is 0.378 e. The van der Waals surface area contributed by atoms with Crippen molar-refractivity contribution in [3.63, 3.8) is 0 Å². The molecule has 0 radical (unpaired) electrons. The molecule has 9 heteroatoms. The molecule has 1 N–H and O–H groups in total. The molecular weight excluding hydrogens is 401 g/mol. The maximum absolute atomic E-state index is 12.9. The number of likely N-dealkylation sites (tertiary alicyclic amines) is 1. The Bertz CT molecular complexity index is 882. The van der Waals surface area contributed by atoms with Crippen molar-refractivity contribution in [3.05, 3.63) is 23.9 Å². The monoisotopic (exact) mass is 428 g/mol. The number of nitrogens with zero attached hydrogens (tertiary/aromatic N) is 3. The number of halogens is 3. The number of nitrogens with one attached hydrogen (secondary N) is 1. The largest absolute Gasteiger partial charge is 0.446 e. The molecule has 1 aliphatic carbocycles. The summed E-state index contributed by atoms with van der Waals surface area (Å²) < 4.78 is 45.6. The molecule has 2 aromatic rings. The van der Waals surface area contributed by atoms with E-state index < -0.39 is 5.51 Å². The predicted octanol–water partition coefficient (Wildman–Crippen LogP) is 4.56. The average Bonchev–Trinajstić information content (AvgIpc) is 3.25. The molecular formula is C20H27F3N4OS. The molecule has 0 aromatic carbocycles. The standard InChI is InChI=1S/C18H21F3N4OS.C2H6/c1-11-16(27-18(19,20)21)14-3-2-4-15(25(14)23-11)22-17-5-6-24(8-12(17)7-17)13-9-26-10-13;1-2/h2-4,12-13,22H,5-10H2,1H3;1-2H3. The first kappa shape index (κ1) is 20.8. The van der Waals surface area contributed by atoms with Gasteiger partial charge in [-0.3, -0.25) is 4.90 Å². The average molecular weight is 429 g/mol. The van der Waals surface area contributed by atoms with Gasteiger partial charge in [-0.05, 0) is 49.6 Å². The third kappa shape index (κ3) is 3.96. The molecule has 5 nitrogen and oxygen atoms in total. The number of hydrogen-bond donors (Lipinski definition) is 1. The second-order valence-corrected chi connectivity index (χ2v) is 8.86. The molecule has 29 heavy (non-hydrogen) atoms. The zero-order valence-corrected chi connectivity index (χ0v) is 17.7. The fraction of sp³-hybridized carbons (Fsp3) is 0.650. The van der Waals surface area contributed by atoms with Crippen LogP contribution in [0.2, 0.25) is 0 Å². The fourth-order valence-corrected chi connectivity index (χ4v) is 5.06. The van der Waals surface area contributed by atoms with Crippen LogP contribution in [0.15, 0.2) is 23.1 Å². The number of alkyl halides is 3. The van der Waals surface area contributed by atoms with Crippen LogP contribution >= 0.6 is 11.8 Å². The van der Waals surface area contributed by atoms with E-state index >= 15 is 0 Å². The summed E-state index contributed by atoms with van der Waals surface area (Å²) in [5, 5.41) is 8.01. The molecule has 2 saturated heterocycles. The number of ether oxygens (including phenoxy) is 1. The summed E-state index contributed by atoms with van der Waals surface area (Å²) in [5.41, 5.74) is -3.38. The molecule has 4 heterocycles. The van der Waals surface area contributed by atoms with Crippen molar-refractivity contribution in [3.8, 4) is 0 Å². The van der Waals surface area contributed by atoms with Gasteiger partial charge in [0.2, 0.25) is 0 Å². The lowest BCUT2D eigenvalue weighted by Gasteiger charge is -2.41. The first-order valence-electron chi connectivity index (χ1n) is 10.2. The lowest BCUT2D eigenvalue weighted by atomic mass is 10.0. The molecule has 0 amide bonds. The Hall–Kier alpha value is -1.45. The van der Waals surface area contributed by atoms with Crippen LogP contribution in [0.4, 0.5) is 19.0 Å². The molecule has 2 aromatic heterocycles. The van der Waals surface area contributed by atoms with Crippen molar-refractivity contribution in [1.29, 1.82) is 0 Å². The maximum Gasteiger partial charge on any atom is 0.446 e. The molecule has 5 rings (SSSR count). The summed E-state index contributed by atoms with van der Waals surface area (Å²) in [6.07, 6.45) is 2.13. The molecule has 0 spiro atoms. The van der Waals surface area contributed by atoms with Gasteiger partial charge < -0.3 is 10.1 Å². The van der Waals surface area contributed by atoms with Gasteiger partial charge in [0.1, 0.15) is 5.82 Å². The van der Waals surface area contributed by atoms with Gasteiger partial charge >= 0.3 is 5.51 Å². The normalized spacial score (nSPS) is 27.0. The third-order valence-corrected chi connectivity index (χ3v) is 6.98. The van der Waals surface area contributed by atoms with E-state index in [9.17, 15) is 13.2 Å². The molecule has 3 aliphatic rings. The molecule has 2 unspecified atom stereocenters. The van der Waals surface area contributed by atoms with Gasteiger partial charge in [-0.2, -0.15) is 18.3 Å². The summed E-state index contributed by atoms with van der Waals surface area (Å²) in [6, 6.07) is 5.95. The van der Waals surface area contributed by atoms with Crippen LogP contribution in [-0.2, 0) is 4.74 Å². The number of thioether (sulfide) groups is 1. The number of aryl methyl sites for hydroxylation is 1. The Morgan fingerprint density at radius 1 is 1.28 bits per heavy atom. The first-order valence-corrected chi connectivity index (χ1v) is 11.0. The van der Waals surface area contributed by atoms with Crippen LogP contribution in [0, 0.1) is 12.8 Å². The third-order valence-electron chi connectivity index (χ3n) is 6.04. The van der Waals surface area contributed by atoms with E-state index in [0.717, 1.165) is 45.0 Å². The van der Waals surface area contributed by atoms with Crippen LogP contribution in [0.1, 0.15) is 32.4 Å². The summed E-state index contributed by atoms with van der Waals surface area (Å²) in [5.74, 6) is 1.34. The summed E-state index contributed by atoms with van der Waals surface area (Å²) in [7, 11) is 0. The minimum Gasteiger partial charge on any atom is -0.378 e. The van der Waals surface area contributed by atoms with Gasteiger partial charge in [-0.25, -0.2) is 4.52 Å². The van der Waals surface area contributed by atoms with E-state index in [-0.39, 0.29) is 22.2 Å². The quantitative estimate of drug-likeness (QED) is 0.724. The second-order valence-electron chi connectivity index (χ2n) is 7.79. The minimum absolute atomic E-state index is 0.0482. The number of fused-ring (bicyclic) bond motifs is 2. The number of rotatable bonds is 4. The Morgan fingerprint density at radius 2 is 2.03 bits per heavy atom. The molecule has 0 bridgehead atoms. The lowest BCUT2D eigenvalue weighted by molar-refractivity contribution is -0.0714. The lowest BCUT2D eigenvalue weighted by Crippen LogP contribution is -2.53. The van der Waals surface area contributed by atoms with Gasteiger partial charge in [-0.1, -0.05) is 19.9 Å². The number of pyridine rings is 1. The molecule has 2 atom stereocenters. The Balaban J connectivity index is 0.000000994. The highest BCUT2D eigenvalue weighted by molar-refractivity contribution is 8.00. The number of anilines is 1. The summed E-state index contributed by atoms with van der Waals surface area (Å²) >= 11 is -0.0894. The van der Waals surface area contributed by atoms with E-state index in [1.165, 1.54) is 0 Å². The fourth-order valence-electron chi connectivity index (χ4n) is 4.38. The topological polar surface area (TPSA) is 41.8 Å². The van der Waals surface area contributed by atoms with Gasteiger partial charge in [0.15, 0.2) is 0 Å². The summed E-state index contributed by atoms with van der Waals surface area (Å²) in [4.78, 5) is 2.69. The van der Waals surface area contributed by atoms with E-state index in [1.54, 1.807) is 23.6 Å². The van der Waals surface area contributed by atoms with E-state index in [0.29, 0.717) is 23.2 Å². The second kappa shape index (κ2) is 7.67. The molecule has 160 valence electrons. The van der Waals surface area contributed by atoms with Crippen molar-refractivity contribution in [2.45, 2.75) is 55.6 Å². The maximum atomic E-state index is 12.9. The SMILES string of the molecule is CC.Cc1nn2c(NC34CCN(C5COC5)CC3C4)cccc2c1SC(F)(F)F. The van der Waals surface area contributed by atoms with Gasteiger partial charge in [-0.15, -0.1) is 0 Å².